The largest absolute Gasteiger partial charge is 0.467 e. The molecule has 0 amide bonds. The Kier molecular flexibility index (Phi) is 9.24. The highest BCUT2D eigenvalue weighted by molar-refractivity contribution is 5.35. The molecule has 6 nitrogen and oxygen atoms in total. The molecule has 2 N–H and O–H groups in total. The lowest BCUT2D eigenvalue weighted by atomic mass is 10.1. The fourth-order valence-corrected chi connectivity index (χ4v) is 2.10. The summed E-state index contributed by atoms with van der Waals surface area (Å²) in [6.45, 7) is 3.13. The third-order valence-corrected chi connectivity index (χ3v) is 3.33. The molecule has 0 radical (unpaired) electrons. The SMILES string of the molecule is CCCCCCCCCCNc1nc(NC)nc(OC)n1. The molecule has 0 spiro atoms. The first-order valence-corrected chi connectivity index (χ1v) is 8.01. The standard InChI is InChI=1S/C15H29N5O/c1-4-5-6-7-8-9-10-11-12-17-14-18-13(16-2)19-15(20-14)21-3/h4-12H2,1-3H3,(H2,16,17,18,19,20). The van der Waals surface area contributed by atoms with Gasteiger partial charge in [0, 0.05) is 13.6 Å². The predicted octanol–water partition coefficient (Wildman–Crippen LogP) is 3.47. The summed E-state index contributed by atoms with van der Waals surface area (Å²) in [6, 6.07) is 0.327. The zero-order valence-electron chi connectivity index (χ0n) is 13.6. The van der Waals surface area contributed by atoms with E-state index < -0.39 is 0 Å². The Morgan fingerprint density at radius 1 is 0.857 bits per heavy atom. The second kappa shape index (κ2) is 11.1. The Bertz CT molecular complexity index is 364. The molecule has 0 unspecified atom stereocenters. The molecule has 0 aliphatic carbocycles. The minimum absolute atomic E-state index is 0.327. The highest BCUT2D eigenvalue weighted by Gasteiger charge is 2.04. The van der Waals surface area contributed by atoms with Gasteiger partial charge in [0.05, 0.1) is 7.11 Å². The molecule has 0 bridgehead atoms. The van der Waals surface area contributed by atoms with Crippen molar-refractivity contribution in [2.45, 2.75) is 58.3 Å². The Balaban J connectivity index is 2.15. The minimum Gasteiger partial charge on any atom is -0.467 e. The first-order chi connectivity index (χ1) is 10.3. The Morgan fingerprint density at radius 3 is 2.10 bits per heavy atom. The van der Waals surface area contributed by atoms with Crippen LogP contribution >= 0.6 is 0 Å². The van der Waals surface area contributed by atoms with Gasteiger partial charge < -0.3 is 15.4 Å². The van der Waals surface area contributed by atoms with Crippen LogP contribution in [0.15, 0.2) is 0 Å². The second-order valence-electron chi connectivity index (χ2n) is 5.12. The normalized spacial score (nSPS) is 10.4. The summed E-state index contributed by atoms with van der Waals surface area (Å²) in [7, 11) is 3.33. The van der Waals surface area contributed by atoms with Gasteiger partial charge in [0.2, 0.25) is 11.9 Å². The van der Waals surface area contributed by atoms with Crippen molar-refractivity contribution < 1.29 is 4.74 Å². The summed E-state index contributed by atoms with van der Waals surface area (Å²) >= 11 is 0. The van der Waals surface area contributed by atoms with E-state index in [9.17, 15) is 0 Å². The fraction of sp³-hybridized carbons (Fsp3) is 0.800. The summed E-state index contributed by atoms with van der Waals surface area (Å²) in [4.78, 5) is 12.5. The quantitative estimate of drug-likeness (QED) is 0.575. The molecule has 0 aliphatic heterocycles. The van der Waals surface area contributed by atoms with Crippen LogP contribution in [0.1, 0.15) is 58.3 Å². The number of nitrogens with one attached hydrogen (secondary N) is 2. The van der Waals surface area contributed by atoms with E-state index in [2.05, 4.69) is 32.5 Å². The molecule has 21 heavy (non-hydrogen) atoms. The Labute approximate surface area is 128 Å². The van der Waals surface area contributed by atoms with Crippen molar-refractivity contribution in [2.75, 3.05) is 31.3 Å². The van der Waals surface area contributed by atoms with Crippen molar-refractivity contribution in [3.05, 3.63) is 0 Å². The van der Waals surface area contributed by atoms with E-state index in [1.165, 1.54) is 44.9 Å². The Hall–Kier alpha value is -1.59. The van der Waals surface area contributed by atoms with Crippen LogP contribution in [0.25, 0.3) is 0 Å². The van der Waals surface area contributed by atoms with E-state index in [1.807, 2.05) is 0 Å². The molecule has 0 saturated heterocycles. The molecule has 0 aliphatic rings. The van der Waals surface area contributed by atoms with Crippen molar-refractivity contribution in [3.63, 3.8) is 0 Å². The molecule has 0 fully saturated rings. The van der Waals surface area contributed by atoms with Gasteiger partial charge >= 0.3 is 6.01 Å². The smallest absolute Gasteiger partial charge is 0.322 e. The molecule has 120 valence electrons. The van der Waals surface area contributed by atoms with Gasteiger partial charge in [0.1, 0.15) is 0 Å². The first-order valence-electron chi connectivity index (χ1n) is 8.01. The number of methoxy groups -OCH3 is 1. The summed E-state index contributed by atoms with van der Waals surface area (Å²) in [6.07, 6.45) is 10.5. The van der Waals surface area contributed by atoms with Crippen LogP contribution in [0.5, 0.6) is 6.01 Å². The molecule has 1 aromatic rings. The van der Waals surface area contributed by atoms with Crippen molar-refractivity contribution in [3.8, 4) is 6.01 Å². The van der Waals surface area contributed by atoms with Crippen LogP contribution in [0.3, 0.4) is 0 Å². The number of unbranched alkanes of at least 4 members (excludes halogenated alkanes) is 7. The molecular weight excluding hydrogens is 266 g/mol. The molecule has 0 atom stereocenters. The lowest BCUT2D eigenvalue weighted by Crippen LogP contribution is -2.09. The van der Waals surface area contributed by atoms with E-state index >= 15 is 0 Å². The van der Waals surface area contributed by atoms with Gasteiger partial charge in [0.25, 0.3) is 0 Å². The van der Waals surface area contributed by atoms with Crippen LogP contribution in [0.4, 0.5) is 11.9 Å². The van der Waals surface area contributed by atoms with Gasteiger partial charge in [0.15, 0.2) is 0 Å². The summed E-state index contributed by atoms with van der Waals surface area (Å²) in [5, 5.41) is 6.12. The van der Waals surface area contributed by atoms with E-state index in [0.717, 1.165) is 13.0 Å². The van der Waals surface area contributed by atoms with Gasteiger partial charge in [-0.05, 0) is 6.42 Å². The van der Waals surface area contributed by atoms with E-state index in [-0.39, 0.29) is 0 Å². The number of anilines is 2. The lowest BCUT2D eigenvalue weighted by molar-refractivity contribution is 0.379. The maximum absolute atomic E-state index is 5.05. The third kappa shape index (κ3) is 7.68. The van der Waals surface area contributed by atoms with Gasteiger partial charge in [-0.2, -0.15) is 15.0 Å². The zero-order valence-corrected chi connectivity index (χ0v) is 13.6. The maximum Gasteiger partial charge on any atom is 0.322 e. The van der Waals surface area contributed by atoms with E-state index in [4.69, 9.17) is 4.74 Å². The monoisotopic (exact) mass is 295 g/mol. The van der Waals surface area contributed by atoms with Crippen LogP contribution in [-0.2, 0) is 0 Å². The van der Waals surface area contributed by atoms with Crippen LogP contribution < -0.4 is 15.4 Å². The molecule has 1 heterocycles. The van der Waals surface area contributed by atoms with Crippen LogP contribution in [0.2, 0.25) is 0 Å². The van der Waals surface area contributed by atoms with Gasteiger partial charge in [-0.3, -0.25) is 0 Å². The number of rotatable bonds is 12. The van der Waals surface area contributed by atoms with Gasteiger partial charge in [-0.25, -0.2) is 0 Å². The number of nitrogens with zero attached hydrogens (tertiary/aromatic N) is 3. The molecule has 1 rings (SSSR count). The fourth-order valence-electron chi connectivity index (χ4n) is 2.10. The molecule has 1 aromatic heterocycles. The van der Waals surface area contributed by atoms with Gasteiger partial charge in [-0.15, -0.1) is 0 Å². The first kappa shape index (κ1) is 17.5. The second-order valence-corrected chi connectivity index (χ2v) is 5.12. The van der Waals surface area contributed by atoms with Crippen molar-refractivity contribution in [1.82, 2.24) is 15.0 Å². The topological polar surface area (TPSA) is 72.0 Å². The highest BCUT2D eigenvalue weighted by atomic mass is 16.5. The average Bonchev–Trinajstić information content (AvgIpc) is 2.52. The van der Waals surface area contributed by atoms with Crippen molar-refractivity contribution in [1.29, 1.82) is 0 Å². The Morgan fingerprint density at radius 2 is 1.48 bits per heavy atom. The maximum atomic E-state index is 5.05. The predicted molar refractivity (Wildman–Crippen MR) is 87.0 cm³/mol. The summed E-state index contributed by atoms with van der Waals surface area (Å²) < 4.78 is 5.05. The van der Waals surface area contributed by atoms with Gasteiger partial charge in [-0.1, -0.05) is 51.9 Å². The number of hydrogen-bond acceptors (Lipinski definition) is 6. The average molecular weight is 295 g/mol. The highest BCUT2D eigenvalue weighted by Crippen LogP contribution is 2.11. The number of ether oxygens (including phenoxy) is 1. The summed E-state index contributed by atoms with van der Waals surface area (Å²) in [5.74, 6) is 1.08. The van der Waals surface area contributed by atoms with Crippen molar-refractivity contribution in [2.24, 2.45) is 0 Å². The summed E-state index contributed by atoms with van der Waals surface area (Å²) in [5.41, 5.74) is 0. The van der Waals surface area contributed by atoms with Crippen molar-refractivity contribution >= 4 is 11.9 Å². The molecule has 6 heteroatoms. The molecule has 0 saturated carbocycles. The lowest BCUT2D eigenvalue weighted by Gasteiger charge is -2.07. The van der Waals surface area contributed by atoms with E-state index in [0.29, 0.717) is 17.9 Å². The molecular formula is C15H29N5O. The van der Waals surface area contributed by atoms with Crippen LogP contribution in [-0.4, -0.2) is 35.7 Å². The zero-order chi connectivity index (χ0) is 15.3. The van der Waals surface area contributed by atoms with Crippen LogP contribution in [0, 0.1) is 0 Å². The third-order valence-electron chi connectivity index (χ3n) is 3.33. The van der Waals surface area contributed by atoms with E-state index in [1.54, 1.807) is 14.2 Å². The number of aromatic nitrogens is 3. The minimum atomic E-state index is 0.327. The molecule has 0 aromatic carbocycles. The number of hydrogen-bond donors (Lipinski definition) is 2.